The molecule has 10 heavy (non-hydrogen) atoms. The van der Waals surface area contributed by atoms with Gasteiger partial charge in [0.15, 0.2) is 0 Å². The lowest BCUT2D eigenvalue weighted by molar-refractivity contribution is 0.704. The Morgan fingerprint density at radius 2 is 2.10 bits per heavy atom. The maximum atomic E-state index is 4.39. The van der Waals surface area contributed by atoms with Gasteiger partial charge in [-0.3, -0.25) is 5.32 Å². The second-order valence-corrected chi connectivity index (χ2v) is 2.61. The first-order chi connectivity index (χ1) is 4.97. The fraction of sp³-hybridized carbons (Fsp3) is 0.333. The van der Waals surface area contributed by atoms with Crippen LogP contribution in [0.2, 0.25) is 0 Å². The SMILES string of the molecule is c1ccc2c(c1)CCC[N]2. The highest BCUT2D eigenvalue weighted by Gasteiger charge is 2.06. The molecule has 2 rings (SSSR count). The second-order valence-electron chi connectivity index (χ2n) is 2.61. The minimum atomic E-state index is 1.01. The van der Waals surface area contributed by atoms with E-state index >= 15 is 0 Å². The Morgan fingerprint density at radius 3 is 3.00 bits per heavy atom. The summed E-state index contributed by atoms with van der Waals surface area (Å²) in [6.07, 6.45) is 2.43. The summed E-state index contributed by atoms with van der Waals surface area (Å²) in [7, 11) is 0. The lowest BCUT2D eigenvalue weighted by Crippen LogP contribution is -2.09. The molecule has 0 bridgehead atoms. The van der Waals surface area contributed by atoms with Crippen molar-refractivity contribution in [3.05, 3.63) is 29.8 Å². The highest BCUT2D eigenvalue weighted by molar-refractivity contribution is 5.46. The summed E-state index contributed by atoms with van der Waals surface area (Å²) in [5.74, 6) is 0. The zero-order chi connectivity index (χ0) is 6.81. The van der Waals surface area contributed by atoms with Gasteiger partial charge in [0.1, 0.15) is 0 Å². The molecule has 1 aliphatic heterocycles. The number of hydrogen-bond donors (Lipinski definition) is 0. The molecule has 1 aromatic carbocycles. The summed E-state index contributed by atoms with van der Waals surface area (Å²) in [6, 6.07) is 8.39. The fourth-order valence-corrected chi connectivity index (χ4v) is 1.35. The van der Waals surface area contributed by atoms with E-state index in [-0.39, 0.29) is 0 Å². The highest BCUT2D eigenvalue weighted by atomic mass is 14.9. The van der Waals surface area contributed by atoms with Crippen molar-refractivity contribution in [3.8, 4) is 0 Å². The van der Waals surface area contributed by atoms with Crippen LogP contribution < -0.4 is 5.32 Å². The van der Waals surface area contributed by atoms with E-state index in [0.29, 0.717) is 0 Å². The van der Waals surface area contributed by atoms with Crippen LogP contribution in [0.4, 0.5) is 5.69 Å². The van der Waals surface area contributed by atoms with E-state index in [1.165, 1.54) is 24.1 Å². The molecule has 0 saturated carbocycles. The molecule has 1 nitrogen and oxygen atoms in total. The Morgan fingerprint density at radius 1 is 1.20 bits per heavy atom. The van der Waals surface area contributed by atoms with Gasteiger partial charge in [0.05, 0.1) is 5.69 Å². The third kappa shape index (κ3) is 0.878. The van der Waals surface area contributed by atoms with Gasteiger partial charge in [-0.05, 0) is 24.5 Å². The Kier molecular flexibility index (Phi) is 1.35. The zero-order valence-electron chi connectivity index (χ0n) is 5.88. The van der Waals surface area contributed by atoms with Crippen molar-refractivity contribution in [3.63, 3.8) is 0 Å². The standard InChI is InChI=1S/C9H10N/c1-2-6-9-8(4-1)5-3-7-10-9/h1-2,4,6H,3,5,7H2. The minimum absolute atomic E-state index is 1.01. The fourth-order valence-electron chi connectivity index (χ4n) is 1.35. The van der Waals surface area contributed by atoms with Crippen molar-refractivity contribution in [1.29, 1.82) is 0 Å². The molecule has 0 saturated heterocycles. The van der Waals surface area contributed by atoms with Gasteiger partial charge in [0.25, 0.3) is 0 Å². The Labute approximate surface area is 61.1 Å². The Balaban J connectivity index is 2.41. The molecule has 0 fully saturated rings. The van der Waals surface area contributed by atoms with Crippen LogP contribution in [0.3, 0.4) is 0 Å². The van der Waals surface area contributed by atoms with Crippen molar-refractivity contribution < 1.29 is 0 Å². The van der Waals surface area contributed by atoms with Crippen LogP contribution in [0.25, 0.3) is 0 Å². The first-order valence-electron chi connectivity index (χ1n) is 3.72. The molecule has 0 unspecified atom stereocenters. The topological polar surface area (TPSA) is 14.1 Å². The Hall–Kier alpha value is -0.980. The molecule has 0 aromatic heterocycles. The van der Waals surface area contributed by atoms with E-state index < -0.39 is 0 Å². The minimum Gasteiger partial charge on any atom is -0.285 e. The predicted octanol–water partition coefficient (Wildman–Crippen LogP) is 1.87. The van der Waals surface area contributed by atoms with E-state index in [4.69, 9.17) is 0 Å². The van der Waals surface area contributed by atoms with Gasteiger partial charge in [-0.25, -0.2) is 0 Å². The molecule has 1 heterocycles. The smallest absolute Gasteiger partial charge is 0.0606 e. The maximum Gasteiger partial charge on any atom is 0.0606 e. The maximum absolute atomic E-state index is 4.39. The van der Waals surface area contributed by atoms with E-state index in [9.17, 15) is 0 Å². The molecule has 1 radical (unpaired) electrons. The number of hydrogen-bond acceptors (Lipinski definition) is 0. The molecular formula is C9H10N. The molecule has 0 aliphatic carbocycles. The molecule has 1 aliphatic rings. The summed E-state index contributed by atoms with van der Waals surface area (Å²) in [5, 5.41) is 4.39. The van der Waals surface area contributed by atoms with Crippen LogP contribution in [-0.2, 0) is 6.42 Å². The van der Waals surface area contributed by atoms with Crippen LogP contribution in [0.1, 0.15) is 12.0 Å². The van der Waals surface area contributed by atoms with E-state index in [1.807, 2.05) is 6.07 Å². The largest absolute Gasteiger partial charge is 0.285 e. The number of benzene rings is 1. The van der Waals surface area contributed by atoms with Crippen molar-refractivity contribution in [2.45, 2.75) is 12.8 Å². The molecule has 0 spiro atoms. The van der Waals surface area contributed by atoms with Gasteiger partial charge >= 0.3 is 0 Å². The third-order valence-electron chi connectivity index (χ3n) is 1.88. The van der Waals surface area contributed by atoms with Gasteiger partial charge in [-0.1, -0.05) is 18.2 Å². The molecule has 1 aromatic rings. The van der Waals surface area contributed by atoms with Crippen LogP contribution in [0.15, 0.2) is 24.3 Å². The van der Waals surface area contributed by atoms with Crippen molar-refractivity contribution >= 4 is 5.69 Å². The zero-order valence-corrected chi connectivity index (χ0v) is 5.88. The lowest BCUT2D eigenvalue weighted by atomic mass is 10.0. The molecule has 51 valence electrons. The van der Waals surface area contributed by atoms with Crippen molar-refractivity contribution in [2.24, 2.45) is 0 Å². The lowest BCUT2D eigenvalue weighted by Gasteiger charge is -2.14. The predicted molar refractivity (Wildman–Crippen MR) is 41.4 cm³/mol. The average Bonchev–Trinajstić information content (AvgIpc) is 2.05. The molecule has 0 amide bonds. The van der Waals surface area contributed by atoms with Gasteiger partial charge < -0.3 is 0 Å². The molecular weight excluding hydrogens is 122 g/mol. The van der Waals surface area contributed by atoms with Gasteiger partial charge in [0, 0.05) is 6.54 Å². The van der Waals surface area contributed by atoms with E-state index in [0.717, 1.165) is 6.54 Å². The summed E-state index contributed by atoms with van der Waals surface area (Å²) >= 11 is 0. The highest BCUT2D eigenvalue weighted by Crippen LogP contribution is 2.20. The summed E-state index contributed by atoms with van der Waals surface area (Å²) in [5.41, 5.74) is 2.61. The van der Waals surface area contributed by atoms with Gasteiger partial charge in [-0.15, -0.1) is 0 Å². The van der Waals surface area contributed by atoms with E-state index in [2.05, 4.69) is 23.5 Å². The molecule has 1 heteroatoms. The third-order valence-corrected chi connectivity index (χ3v) is 1.88. The first-order valence-corrected chi connectivity index (χ1v) is 3.72. The van der Waals surface area contributed by atoms with Gasteiger partial charge in [0.2, 0.25) is 0 Å². The summed E-state index contributed by atoms with van der Waals surface area (Å²) in [4.78, 5) is 0. The number of rotatable bonds is 0. The summed E-state index contributed by atoms with van der Waals surface area (Å²) < 4.78 is 0. The normalized spacial score (nSPS) is 15.6. The quantitative estimate of drug-likeness (QED) is 0.511. The number of aryl methyl sites for hydroxylation is 1. The van der Waals surface area contributed by atoms with Crippen LogP contribution in [0, 0.1) is 0 Å². The Bertz CT molecular complexity index is 205. The van der Waals surface area contributed by atoms with Gasteiger partial charge in [-0.2, -0.15) is 0 Å². The summed E-state index contributed by atoms with van der Waals surface area (Å²) in [6.45, 7) is 1.01. The van der Waals surface area contributed by atoms with Crippen LogP contribution >= 0.6 is 0 Å². The van der Waals surface area contributed by atoms with Crippen LogP contribution in [-0.4, -0.2) is 6.54 Å². The monoisotopic (exact) mass is 132 g/mol. The van der Waals surface area contributed by atoms with Crippen molar-refractivity contribution in [2.75, 3.05) is 6.54 Å². The first kappa shape index (κ1) is 5.78. The molecule has 0 atom stereocenters. The van der Waals surface area contributed by atoms with Crippen LogP contribution in [0.5, 0.6) is 0 Å². The van der Waals surface area contributed by atoms with E-state index in [1.54, 1.807) is 0 Å². The average molecular weight is 132 g/mol. The van der Waals surface area contributed by atoms with Crippen molar-refractivity contribution in [1.82, 2.24) is 5.32 Å². The number of fused-ring (bicyclic) bond motifs is 1. The second kappa shape index (κ2) is 2.33. The molecule has 0 N–H and O–H groups in total. The number of nitrogens with zero attached hydrogens (tertiary/aromatic N) is 1. The number of para-hydroxylation sites is 1.